The van der Waals surface area contributed by atoms with Crippen molar-refractivity contribution in [1.29, 1.82) is 0 Å². The Bertz CT molecular complexity index is 1660. The summed E-state index contributed by atoms with van der Waals surface area (Å²) in [7, 11) is 0. The number of nitrogens with zero attached hydrogens (tertiary/aromatic N) is 1. The van der Waals surface area contributed by atoms with Crippen LogP contribution >= 0.6 is 0 Å². The van der Waals surface area contributed by atoms with E-state index in [2.05, 4.69) is 30.9 Å². The minimum absolute atomic E-state index is 0.0953. The molecule has 0 bridgehead atoms. The highest BCUT2D eigenvalue weighted by molar-refractivity contribution is 6.32. The molecule has 0 saturated carbocycles. The molecule has 2 heterocycles. The number of hydrogen-bond acceptors (Lipinski definition) is 4. The second-order valence-electron chi connectivity index (χ2n) is 11.3. The lowest BCUT2D eigenvalue weighted by Crippen LogP contribution is -2.48. The van der Waals surface area contributed by atoms with Gasteiger partial charge in [-0.2, -0.15) is 0 Å². The van der Waals surface area contributed by atoms with Crippen molar-refractivity contribution in [2.24, 2.45) is 5.41 Å². The van der Waals surface area contributed by atoms with E-state index in [-0.39, 0.29) is 17.3 Å². The second kappa shape index (κ2) is 8.99. The average Bonchev–Trinajstić information content (AvgIpc) is 3.43. The molecule has 1 fully saturated rings. The van der Waals surface area contributed by atoms with Crippen LogP contribution in [0.5, 0.6) is 0 Å². The normalized spacial score (nSPS) is 22.0. The van der Waals surface area contributed by atoms with Crippen LogP contribution in [0.1, 0.15) is 73.4 Å². The third-order valence-electron chi connectivity index (χ3n) is 9.00. The zero-order chi connectivity index (χ0) is 27.6. The van der Waals surface area contributed by atoms with Crippen LogP contribution in [0.3, 0.4) is 0 Å². The molecule has 4 heteroatoms. The first kappa shape index (κ1) is 24.5. The van der Waals surface area contributed by atoms with Crippen LogP contribution in [0.15, 0.2) is 109 Å². The fourth-order valence-corrected chi connectivity index (χ4v) is 7.15. The smallest absolute Gasteiger partial charge is 0.185 e. The fourth-order valence-electron chi connectivity index (χ4n) is 7.15. The van der Waals surface area contributed by atoms with E-state index in [0.29, 0.717) is 22.6 Å². The van der Waals surface area contributed by atoms with Crippen molar-refractivity contribution in [3.05, 3.63) is 143 Å². The van der Waals surface area contributed by atoms with Gasteiger partial charge in [-0.15, -0.1) is 0 Å². The highest BCUT2D eigenvalue weighted by Crippen LogP contribution is 2.61. The highest BCUT2D eigenvalue weighted by Gasteiger charge is 2.71. The third kappa shape index (κ3) is 3.22. The molecule has 1 spiro atoms. The van der Waals surface area contributed by atoms with E-state index in [1.807, 2.05) is 78.9 Å². The summed E-state index contributed by atoms with van der Waals surface area (Å²) in [5.74, 6) is -0.855. The molecule has 3 atom stereocenters. The maximum absolute atomic E-state index is 14.7. The van der Waals surface area contributed by atoms with Crippen molar-refractivity contribution in [2.75, 3.05) is 4.90 Å². The SMILES string of the molecule is CC(C)c1ccc(C2C(C(=O)c3ccccc3)N3c4ccccc4C=CC3C23C(=O)c2ccccc2C3=O)cc1. The van der Waals surface area contributed by atoms with Gasteiger partial charge in [0.25, 0.3) is 0 Å². The Morgan fingerprint density at radius 1 is 0.750 bits per heavy atom. The first-order valence-corrected chi connectivity index (χ1v) is 13.9. The van der Waals surface area contributed by atoms with E-state index in [4.69, 9.17) is 0 Å². The van der Waals surface area contributed by atoms with Crippen LogP contribution in [0.2, 0.25) is 0 Å². The first-order valence-electron chi connectivity index (χ1n) is 13.9. The Kier molecular flexibility index (Phi) is 5.50. The first-order chi connectivity index (χ1) is 19.4. The summed E-state index contributed by atoms with van der Waals surface area (Å²) in [5.41, 5.74) is 3.79. The van der Waals surface area contributed by atoms with Crippen molar-refractivity contribution in [2.45, 2.75) is 37.8 Å². The fraction of sp³-hybridized carbons (Fsp3) is 0.194. The van der Waals surface area contributed by atoms with Crippen molar-refractivity contribution in [3.8, 4) is 0 Å². The summed E-state index contributed by atoms with van der Waals surface area (Å²) in [6.07, 6.45) is 3.97. The number of rotatable bonds is 4. The van der Waals surface area contributed by atoms with Gasteiger partial charge in [-0.25, -0.2) is 0 Å². The Labute approximate surface area is 234 Å². The number of fused-ring (bicyclic) bond motifs is 5. The summed E-state index contributed by atoms with van der Waals surface area (Å²) >= 11 is 0. The van der Waals surface area contributed by atoms with Crippen molar-refractivity contribution >= 4 is 29.1 Å². The molecule has 0 N–H and O–H groups in total. The third-order valence-corrected chi connectivity index (χ3v) is 9.00. The number of hydrogen-bond donors (Lipinski definition) is 0. The summed E-state index contributed by atoms with van der Waals surface area (Å²) in [6, 6.07) is 31.1. The van der Waals surface area contributed by atoms with Gasteiger partial charge in [0.05, 0.1) is 6.04 Å². The lowest BCUT2D eigenvalue weighted by atomic mass is 9.64. The molecule has 0 amide bonds. The predicted octanol–water partition coefficient (Wildman–Crippen LogP) is 7.13. The van der Waals surface area contributed by atoms with Crippen LogP contribution in [-0.2, 0) is 0 Å². The zero-order valence-electron chi connectivity index (χ0n) is 22.5. The number of anilines is 1. The Balaban J connectivity index is 1.54. The van der Waals surface area contributed by atoms with Gasteiger partial charge in [-0.3, -0.25) is 14.4 Å². The maximum atomic E-state index is 14.7. The van der Waals surface area contributed by atoms with Crippen molar-refractivity contribution < 1.29 is 14.4 Å². The van der Waals surface area contributed by atoms with E-state index in [9.17, 15) is 14.4 Å². The molecule has 40 heavy (non-hydrogen) atoms. The van der Waals surface area contributed by atoms with E-state index >= 15 is 0 Å². The lowest BCUT2D eigenvalue weighted by Gasteiger charge is -2.37. The van der Waals surface area contributed by atoms with Gasteiger partial charge in [-0.05, 0) is 28.7 Å². The lowest BCUT2D eigenvalue weighted by molar-refractivity contribution is 0.0666. The van der Waals surface area contributed by atoms with E-state index < -0.39 is 23.4 Å². The topological polar surface area (TPSA) is 54.5 Å². The molecule has 4 aromatic carbocycles. The second-order valence-corrected chi connectivity index (χ2v) is 11.3. The van der Waals surface area contributed by atoms with Gasteiger partial charge in [0.2, 0.25) is 0 Å². The minimum Gasteiger partial charge on any atom is -0.352 e. The molecular formula is C36H29NO3. The summed E-state index contributed by atoms with van der Waals surface area (Å²) in [5, 5.41) is 0. The van der Waals surface area contributed by atoms with Gasteiger partial charge in [0, 0.05) is 28.3 Å². The zero-order valence-corrected chi connectivity index (χ0v) is 22.5. The molecule has 0 aromatic heterocycles. The van der Waals surface area contributed by atoms with Crippen LogP contribution in [0.25, 0.3) is 6.08 Å². The molecule has 4 aromatic rings. The molecule has 1 aliphatic carbocycles. The number of Topliss-reactive ketones (excluding diaryl/α,β-unsaturated/α-hetero) is 3. The van der Waals surface area contributed by atoms with E-state index in [1.54, 1.807) is 24.3 Å². The summed E-state index contributed by atoms with van der Waals surface area (Å²) in [6.45, 7) is 4.27. The Hall–Kier alpha value is -4.57. The number of ketones is 3. The number of carbonyl (C=O) groups excluding carboxylic acids is 3. The van der Waals surface area contributed by atoms with Crippen LogP contribution in [0.4, 0.5) is 5.69 Å². The largest absolute Gasteiger partial charge is 0.352 e. The van der Waals surface area contributed by atoms with Crippen molar-refractivity contribution in [1.82, 2.24) is 0 Å². The van der Waals surface area contributed by atoms with Gasteiger partial charge in [0.1, 0.15) is 11.5 Å². The summed E-state index contributed by atoms with van der Waals surface area (Å²) < 4.78 is 0. The molecule has 7 rings (SSSR count). The monoisotopic (exact) mass is 523 g/mol. The summed E-state index contributed by atoms with van der Waals surface area (Å²) in [4.78, 5) is 46.0. The molecule has 1 saturated heterocycles. The van der Waals surface area contributed by atoms with Gasteiger partial charge in [0.15, 0.2) is 17.3 Å². The highest BCUT2D eigenvalue weighted by atomic mass is 16.2. The quantitative estimate of drug-likeness (QED) is 0.211. The number of benzene rings is 4. The van der Waals surface area contributed by atoms with Crippen LogP contribution in [-0.4, -0.2) is 29.4 Å². The minimum atomic E-state index is -1.47. The van der Waals surface area contributed by atoms with Crippen LogP contribution in [0, 0.1) is 5.41 Å². The molecule has 0 radical (unpaired) electrons. The van der Waals surface area contributed by atoms with Gasteiger partial charge >= 0.3 is 0 Å². The van der Waals surface area contributed by atoms with Crippen LogP contribution < -0.4 is 4.90 Å². The van der Waals surface area contributed by atoms with E-state index in [0.717, 1.165) is 22.4 Å². The van der Waals surface area contributed by atoms with Gasteiger partial charge in [-0.1, -0.05) is 123 Å². The predicted molar refractivity (Wildman–Crippen MR) is 157 cm³/mol. The molecular weight excluding hydrogens is 494 g/mol. The standard InChI is InChI=1S/C36H29NO3/c1-22(2)23-16-18-25(19-17-23)31-32(33(38)26-11-4-3-5-12-26)37-29-15-9-6-10-24(29)20-21-30(37)36(31)34(39)27-13-7-8-14-28(27)35(36)40/h3-22,30-32H,1-2H3. The molecule has 4 nitrogen and oxygen atoms in total. The van der Waals surface area contributed by atoms with Crippen molar-refractivity contribution in [3.63, 3.8) is 0 Å². The maximum Gasteiger partial charge on any atom is 0.185 e. The van der Waals surface area contributed by atoms with E-state index in [1.165, 1.54) is 0 Å². The molecule has 3 aliphatic rings. The molecule has 196 valence electrons. The Morgan fingerprint density at radius 3 is 2.00 bits per heavy atom. The Morgan fingerprint density at radius 2 is 1.35 bits per heavy atom. The number of para-hydroxylation sites is 1. The molecule has 2 aliphatic heterocycles. The molecule has 3 unspecified atom stereocenters. The van der Waals surface area contributed by atoms with Gasteiger partial charge < -0.3 is 4.90 Å². The number of carbonyl (C=O) groups is 3. The average molecular weight is 524 g/mol.